The summed E-state index contributed by atoms with van der Waals surface area (Å²) in [5, 5.41) is 11.8. The minimum atomic E-state index is 0.650. The summed E-state index contributed by atoms with van der Waals surface area (Å²) in [5.74, 6) is 0.670. The molecule has 4 nitrogen and oxygen atoms in total. The van der Waals surface area contributed by atoms with E-state index in [1.165, 1.54) is 0 Å². The van der Waals surface area contributed by atoms with Crippen molar-refractivity contribution in [2.45, 2.75) is 46.2 Å². The average molecular weight is 234 g/mol. The van der Waals surface area contributed by atoms with E-state index in [0.29, 0.717) is 12.3 Å². The van der Waals surface area contributed by atoms with Gasteiger partial charge >= 0.3 is 0 Å². The quantitative estimate of drug-likeness (QED) is 0.702. The van der Waals surface area contributed by atoms with Gasteiger partial charge in [-0.05, 0) is 25.3 Å². The fraction of sp³-hybridized carbons (Fsp3) is 0.692. The minimum absolute atomic E-state index is 0.650. The number of nitrogens with one attached hydrogen (secondary N) is 1. The van der Waals surface area contributed by atoms with Crippen LogP contribution in [0.25, 0.3) is 0 Å². The predicted octanol–water partition coefficient (Wildman–Crippen LogP) is 2.32. The van der Waals surface area contributed by atoms with E-state index in [4.69, 9.17) is 5.26 Å². The van der Waals surface area contributed by atoms with Crippen molar-refractivity contribution in [3.05, 3.63) is 18.2 Å². The summed E-state index contributed by atoms with van der Waals surface area (Å²) in [5.41, 5.74) is 1.09. The van der Waals surface area contributed by atoms with Gasteiger partial charge in [0, 0.05) is 25.7 Å². The third-order valence-electron chi connectivity index (χ3n) is 2.50. The molecule has 4 heteroatoms. The zero-order valence-corrected chi connectivity index (χ0v) is 10.8. The van der Waals surface area contributed by atoms with Crippen molar-refractivity contribution in [3.63, 3.8) is 0 Å². The zero-order valence-electron chi connectivity index (χ0n) is 10.8. The molecule has 0 radical (unpaired) electrons. The van der Waals surface area contributed by atoms with E-state index in [2.05, 4.69) is 41.0 Å². The van der Waals surface area contributed by atoms with Crippen LogP contribution in [0, 0.1) is 17.2 Å². The maximum absolute atomic E-state index is 8.43. The molecule has 0 aromatic carbocycles. The number of aromatic nitrogens is 2. The highest BCUT2D eigenvalue weighted by atomic mass is 15.0. The molecule has 17 heavy (non-hydrogen) atoms. The van der Waals surface area contributed by atoms with Crippen LogP contribution >= 0.6 is 0 Å². The third kappa shape index (κ3) is 6.08. The Kier molecular flexibility index (Phi) is 6.34. The van der Waals surface area contributed by atoms with E-state index < -0.39 is 0 Å². The van der Waals surface area contributed by atoms with Crippen LogP contribution in [0.15, 0.2) is 12.5 Å². The summed E-state index contributed by atoms with van der Waals surface area (Å²) in [6.45, 7) is 7.21. The zero-order chi connectivity index (χ0) is 12.5. The van der Waals surface area contributed by atoms with Gasteiger partial charge < -0.3 is 9.88 Å². The maximum Gasteiger partial charge on any atom is 0.0949 e. The van der Waals surface area contributed by atoms with Gasteiger partial charge in [0.1, 0.15) is 0 Å². The van der Waals surface area contributed by atoms with Crippen LogP contribution in [0.2, 0.25) is 0 Å². The molecule has 1 rings (SSSR count). The molecule has 0 saturated heterocycles. The highest BCUT2D eigenvalue weighted by Gasteiger charge is 1.99. The summed E-state index contributed by atoms with van der Waals surface area (Å²) >= 11 is 0. The van der Waals surface area contributed by atoms with Crippen LogP contribution in [0.1, 0.15) is 38.8 Å². The number of aryl methyl sites for hydroxylation is 1. The SMILES string of the molecule is CC(C)CNCc1cn(CCCCC#N)cn1. The Morgan fingerprint density at radius 3 is 3.00 bits per heavy atom. The molecule has 1 heterocycles. The molecule has 0 fully saturated rings. The average Bonchev–Trinajstić information content (AvgIpc) is 2.72. The molecular formula is C13H22N4. The molecule has 0 bridgehead atoms. The molecule has 1 aromatic rings. The van der Waals surface area contributed by atoms with E-state index in [1.807, 2.05) is 6.33 Å². The van der Waals surface area contributed by atoms with Crippen molar-refractivity contribution >= 4 is 0 Å². The van der Waals surface area contributed by atoms with Gasteiger partial charge in [-0.2, -0.15) is 5.26 Å². The van der Waals surface area contributed by atoms with E-state index in [1.54, 1.807) is 0 Å². The summed E-state index contributed by atoms with van der Waals surface area (Å²) in [7, 11) is 0. The number of rotatable bonds is 8. The number of imidazole rings is 1. The van der Waals surface area contributed by atoms with Crippen LogP contribution in [-0.2, 0) is 13.1 Å². The highest BCUT2D eigenvalue weighted by Crippen LogP contribution is 2.01. The predicted molar refractivity (Wildman–Crippen MR) is 68.2 cm³/mol. The molecule has 0 atom stereocenters. The first-order valence-corrected chi connectivity index (χ1v) is 6.30. The molecule has 0 spiro atoms. The molecule has 0 saturated carbocycles. The monoisotopic (exact) mass is 234 g/mol. The largest absolute Gasteiger partial charge is 0.337 e. The molecule has 0 aliphatic heterocycles. The second-order valence-corrected chi connectivity index (χ2v) is 4.74. The Morgan fingerprint density at radius 1 is 1.47 bits per heavy atom. The Morgan fingerprint density at radius 2 is 2.29 bits per heavy atom. The lowest BCUT2D eigenvalue weighted by Crippen LogP contribution is -2.19. The van der Waals surface area contributed by atoms with E-state index >= 15 is 0 Å². The number of nitrogens with zero attached hydrogens (tertiary/aromatic N) is 3. The van der Waals surface area contributed by atoms with Gasteiger partial charge in [0.2, 0.25) is 0 Å². The van der Waals surface area contributed by atoms with Gasteiger partial charge in [0.05, 0.1) is 18.1 Å². The topological polar surface area (TPSA) is 53.6 Å². The van der Waals surface area contributed by atoms with Gasteiger partial charge in [-0.15, -0.1) is 0 Å². The first-order valence-electron chi connectivity index (χ1n) is 6.30. The van der Waals surface area contributed by atoms with Gasteiger partial charge in [0.25, 0.3) is 0 Å². The maximum atomic E-state index is 8.43. The molecule has 0 unspecified atom stereocenters. The molecule has 94 valence electrons. The van der Waals surface area contributed by atoms with Crippen LogP contribution in [0.4, 0.5) is 0 Å². The second-order valence-electron chi connectivity index (χ2n) is 4.74. The molecule has 0 amide bonds. The Balaban J connectivity index is 2.21. The molecule has 1 N–H and O–H groups in total. The van der Waals surface area contributed by atoms with Gasteiger partial charge in [0.15, 0.2) is 0 Å². The number of hydrogen-bond donors (Lipinski definition) is 1. The van der Waals surface area contributed by atoms with Crippen LogP contribution in [0.3, 0.4) is 0 Å². The summed E-state index contributed by atoms with van der Waals surface area (Å²) < 4.78 is 2.10. The van der Waals surface area contributed by atoms with E-state index in [-0.39, 0.29) is 0 Å². The Hall–Kier alpha value is -1.34. The van der Waals surface area contributed by atoms with Crippen molar-refractivity contribution in [2.24, 2.45) is 5.92 Å². The van der Waals surface area contributed by atoms with Crippen molar-refractivity contribution in [2.75, 3.05) is 6.54 Å². The molecule has 1 aromatic heterocycles. The third-order valence-corrected chi connectivity index (χ3v) is 2.50. The number of hydrogen-bond acceptors (Lipinski definition) is 3. The highest BCUT2D eigenvalue weighted by molar-refractivity contribution is 4.96. The molecule has 0 aliphatic rings. The van der Waals surface area contributed by atoms with E-state index in [9.17, 15) is 0 Å². The lowest BCUT2D eigenvalue weighted by atomic mass is 10.2. The van der Waals surface area contributed by atoms with Gasteiger partial charge in [-0.25, -0.2) is 4.98 Å². The first kappa shape index (κ1) is 13.7. The summed E-state index contributed by atoms with van der Waals surface area (Å²) in [6, 6.07) is 2.16. The Labute approximate surface area is 104 Å². The van der Waals surface area contributed by atoms with Crippen molar-refractivity contribution < 1.29 is 0 Å². The lowest BCUT2D eigenvalue weighted by Gasteiger charge is -2.04. The van der Waals surface area contributed by atoms with Crippen molar-refractivity contribution in [3.8, 4) is 6.07 Å². The van der Waals surface area contributed by atoms with E-state index in [0.717, 1.165) is 38.2 Å². The lowest BCUT2D eigenvalue weighted by molar-refractivity contribution is 0.548. The summed E-state index contributed by atoms with van der Waals surface area (Å²) in [6.07, 6.45) is 6.62. The number of nitriles is 1. The van der Waals surface area contributed by atoms with Crippen molar-refractivity contribution in [1.82, 2.24) is 14.9 Å². The molecule has 0 aliphatic carbocycles. The van der Waals surface area contributed by atoms with Gasteiger partial charge in [-0.3, -0.25) is 0 Å². The minimum Gasteiger partial charge on any atom is -0.337 e. The number of unbranched alkanes of at least 4 members (excludes halogenated alkanes) is 2. The fourth-order valence-corrected chi connectivity index (χ4v) is 1.61. The van der Waals surface area contributed by atoms with Gasteiger partial charge in [-0.1, -0.05) is 13.8 Å². The van der Waals surface area contributed by atoms with Crippen LogP contribution < -0.4 is 5.32 Å². The van der Waals surface area contributed by atoms with Crippen molar-refractivity contribution in [1.29, 1.82) is 5.26 Å². The standard InChI is InChI=1S/C13H22N4/c1-12(2)8-15-9-13-10-17(11-16-13)7-5-3-4-6-14/h10-12,15H,3-5,7-9H2,1-2H3. The smallest absolute Gasteiger partial charge is 0.0949 e. The van der Waals surface area contributed by atoms with Crippen LogP contribution in [0.5, 0.6) is 0 Å². The molecular weight excluding hydrogens is 212 g/mol. The summed E-state index contributed by atoms with van der Waals surface area (Å²) in [4.78, 5) is 4.35. The van der Waals surface area contributed by atoms with Crippen LogP contribution in [-0.4, -0.2) is 16.1 Å². The first-order chi connectivity index (χ1) is 8.22. The Bertz CT molecular complexity index is 349. The normalized spacial score (nSPS) is 10.7. The fourth-order valence-electron chi connectivity index (χ4n) is 1.61. The second kappa shape index (κ2) is 7.86.